The van der Waals surface area contributed by atoms with Crippen LogP contribution in [0.15, 0.2) is 34.4 Å². The lowest BCUT2D eigenvalue weighted by Gasteiger charge is -1.95. The fourth-order valence-corrected chi connectivity index (χ4v) is 0.627. The summed E-state index contributed by atoms with van der Waals surface area (Å²) >= 11 is 0. The van der Waals surface area contributed by atoms with Crippen molar-refractivity contribution in [2.45, 2.75) is 27.7 Å². The zero-order valence-electron chi connectivity index (χ0n) is 7.98. The van der Waals surface area contributed by atoms with Crippen molar-refractivity contribution in [3.8, 4) is 0 Å². The second kappa shape index (κ2) is 5.50. The molecule has 0 aliphatic heterocycles. The van der Waals surface area contributed by atoms with Gasteiger partial charge in [0.2, 0.25) is 0 Å². The molecule has 66 valence electrons. The van der Waals surface area contributed by atoms with E-state index in [2.05, 4.69) is 10.7 Å². The molecule has 0 N–H and O–H groups in total. The average Bonchev–Trinajstić information content (AvgIpc) is 2.03. The lowest BCUT2D eigenvalue weighted by molar-refractivity contribution is 0.668. The van der Waals surface area contributed by atoms with E-state index in [4.69, 9.17) is 0 Å². The SMILES string of the molecule is CC=C=CN=C(C)C(F)=C(C)C. The van der Waals surface area contributed by atoms with E-state index < -0.39 is 0 Å². The molecule has 0 aromatic heterocycles. The van der Waals surface area contributed by atoms with Gasteiger partial charge in [-0.3, -0.25) is 4.99 Å². The quantitative estimate of drug-likeness (QED) is 0.441. The zero-order chi connectivity index (χ0) is 9.56. The van der Waals surface area contributed by atoms with Crippen molar-refractivity contribution in [2.75, 3.05) is 0 Å². The molecule has 0 bridgehead atoms. The molecule has 0 aromatic carbocycles. The maximum Gasteiger partial charge on any atom is 0.143 e. The van der Waals surface area contributed by atoms with E-state index in [1.54, 1.807) is 26.8 Å². The number of hydrogen-bond acceptors (Lipinski definition) is 1. The molecule has 0 saturated carbocycles. The standard InChI is InChI=1S/C10H14FN/c1-5-6-7-12-9(4)10(11)8(2)3/h5,7H,1-4H3. The molecule has 0 spiro atoms. The Kier molecular flexibility index (Phi) is 4.98. The van der Waals surface area contributed by atoms with Crippen molar-refractivity contribution in [3.05, 3.63) is 29.4 Å². The fraction of sp³-hybridized carbons (Fsp3) is 0.400. The third-order valence-electron chi connectivity index (χ3n) is 1.26. The molecule has 0 saturated heterocycles. The maximum absolute atomic E-state index is 13.0. The highest BCUT2D eigenvalue weighted by Crippen LogP contribution is 2.06. The van der Waals surface area contributed by atoms with Crippen LogP contribution in [0.25, 0.3) is 0 Å². The molecule has 12 heavy (non-hydrogen) atoms. The molecule has 0 aromatic rings. The minimum absolute atomic E-state index is 0.246. The van der Waals surface area contributed by atoms with Crippen molar-refractivity contribution in [3.63, 3.8) is 0 Å². The van der Waals surface area contributed by atoms with Gasteiger partial charge in [0.05, 0.1) is 11.9 Å². The van der Waals surface area contributed by atoms with Gasteiger partial charge in [0, 0.05) is 0 Å². The molecule has 0 rings (SSSR count). The first-order valence-corrected chi connectivity index (χ1v) is 3.83. The van der Waals surface area contributed by atoms with Crippen LogP contribution in [0.2, 0.25) is 0 Å². The molecular formula is C10H14FN. The fourth-order valence-electron chi connectivity index (χ4n) is 0.627. The Hall–Kier alpha value is -1.14. The third kappa shape index (κ3) is 3.89. The van der Waals surface area contributed by atoms with Crippen LogP contribution in [-0.4, -0.2) is 5.71 Å². The molecule has 0 amide bonds. The van der Waals surface area contributed by atoms with E-state index in [0.29, 0.717) is 11.3 Å². The predicted octanol–water partition coefficient (Wildman–Crippen LogP) is 3.40. The van der Waals surface area contributed by atoms with E-state index in [9.17, 15) is 4.39 Å². The first kappa shape index (κ1) is 10.9. The minimum atomic E-state index is -0.246. The first-order valence-electron chi connectivity index (χ1n) is 3.83. The van der Waals surface area contributed by atoms with Gasteiger partial charge < -0.3 is 0 Å². The smallest absolute Gasteiger partial charge is 0.143 e. The monoisotopic (exact) mass is 167 g/mol. The van der Waals surface area contributed by atoms with Crippen molar-refractivity contribution in [1.29, 1.82) is 0 Å². The highest BCUT2D eigenvalue weighted by atomic mass is 19.1. The highest BCUT2D eigenvalue weighted by Gasteiger charge is 1.99. The molecule has 1 nitrogen and oxygen atoms in total. The van der Waals surface area contributed by atoms with E-state index in [1.807, 2.05) is 6.92 Å². The molecule has 0 unspecified atom stereocenters. The summed E-state index contributed by atoms with van der Waals surface area (Å²) in [5.41, 5.74) is 3.78. The average molecular weight is 167 g/mol. The van der Waals surface area contributed by atoms with Gasteiger partial charge in [-0.2, -0.15) is 0 Å². The summed E-state index contributed by atoms with van der Waals surface area (Å²) in [7, 11) is 0. The Morgan fingerprint density at radius 2 is 1.92 bits per heavy atom. The summed E-state index contributed by atoms with van der Waals surface area (Å²) in [6.07, 6.45) is 3.18. The molecule has 0 heterocycles. The lowest BCUT2D eigenvalue weighted by atomic mass is 10.2. The van der Waals surface area contributed by atoms with Crippen molar-refractivity contribution < 1.29 is 4.39 Å². The van der Waals surface area contributed by atoms with Gasteiger partial charge in [0.15, 0.2) is 0 Å². The van der Waals surface area contributed by atoms with Crippen molar-refractivity contribution in [1.82, 2.24) is 0 Å². The van der Waals surface area contributed by atoms with Crippen LogP contribution in [0.3, 0.4) is 0 Å². The molecule has 0 aliphatic carbocycles. The number of allylic oxidation sites excluding steroid dienone is 3. The second-order valence-electron chi connectivity index (χ2n) is 2.61. The summed E-state index contributed by atoms with van der Waals surface area (Å²) in [5.74, 6) is -0.246. The third-order valence-corrected chi connectivity index (χ3v) is 1.26. The summed E-state index contributed by atoms with van der Waals surface area (Å²) in [5, 5.41) is 0. The largest absolute Gasteiger partial charge is 0.250 e. The normalized spacial score (nSPS) is 10.2. The van der Waals surface area contributed by atoms with Gasteiger partial charge in [-0.15, -0.1) is 5.73 Å². The second-order valence-corrected chi connectivity index (χ2v) is 2.61. The summed E-state index contributed by atoms with van der Waals surface area (Å²) < 4.78 is 13.0. The molecular weight excluding hydrogens is 153 g/mol. The number of hydrogen-bond donors (Lipinski definition) is 0. The van der Waals surface area contributed by atoms with Crippen LogP contribution in [0.4, 0.5) is 4.39 Å². The molecule has 2 heteroatoms. The molecule has 0 aliphatic rings. The summed E-state index contributed by atoms with van der Waals surface area (Å²) in [4.78, 5) is 3.85. The van der Waals surface area contributed by atoms with Gasteiger partial charge in [0.1, 0.15) is 5.83 Å². The van der Waals surface area contributed by atoms with Crippen LogP contribution in [0.5, 0.6) is 0 Å². The van der Waals surface area contributed by atoms with Crippen LogP contribution in [0.1, 0.15) is 27.7 Å². The Labute approximate surface area is 73.0 Å². The Bertz CT molecular complexity index is 262. The number of halogens is 1. The number of aliphatic imine (C=N–C) groups is 1. The van der Waals surface area contributed by atoms with E-state index in [1.165, 1.54) is 6.20 Å². The Morgan fingerprint density at radius 3 is 2.33 bits per heavy atom. The van der Waals surface area contributed by atoms with E-state index in [-0.39, 0.29) is 5.83 Å². The highest BCUT2D eigenvalue weighted by molar-refractivity contribution is 5.97. The van der Waals surface area contributed by atoms with Gasteiger partial charge in [0.25, 0.3) is 0 Å². The Morgan fingerprint density at radius 1 is 1.33 bits per heavy atom. The minimum Gasteiger partial charge on any atom is -0.250 e. The van der Waals surface area contributed by atoms with Crippen LogP contribution in [0, 0.1) is 0 Å². The van der Waals surface area contributed by atoms with Gasteiger partial charge >= 0.3 is 0 Å². The Balaban J connectivity index is 4.61. The van der Waals surface area contributed by atoms with Gasteiger partial charge in [-0.05, 0) is 39.3 Å². The van der Waals surface area contributed by atoms with Gasteiger partial charge in [-0.25, -0.2) is 4.39 Å². The predicted molar refractivity (Wildman–Crippen MR) is 50.9 cm³/mol. The lowest BCUT2D eigenvalue weighted by Crippen LogP contribution is -1.92. The van der Waals surface area contributed by atoms with Crippen LogP contribution < -0.4 is 0 Å². The van der Waals surface area contributed by atoms with Crippen molar-refractivity contribution in [2.24, 2.45) is 4.99 Å². The molecule has 0 fully saturated rings. The molecule has 0 radical (unpaired) electrons. The van der Waals surface area contributed by atoms with Crippen LogP contribution in [-0.2, 0) is 0 Å². The van der Waals surface area contributed by atoms with E-state index in [0.717, 1.165) is 0 Å². The number of nitrogens with zero attached hydrogens (tertiary/aromatic N) is 1. The topological polar surface area (TPSA) is 12.4 Å². The summed E-state index contributed by atoms with van der Waals surface area (Å²) in [6, 6.07) is 0. The molecule has 0 atom stereocenters. The van der Waals surface area contributed by atoms with Crippen molar-refractivity contribution >= 4 is 5.71 Å². The maximum atomic E-state index is 13.0. The first-order chi connectivity index (χ1) is 5.59. The van der Waals surface area contributed by atoms with Gasteiger partial charge in [-0.1, -0.05) is 0 Å². The zero-order valence-corrected chi connectivity index (χ0v) is 7.98. The summed E-state index contributed by atoms with van der Waals surface area (Å²) in [6.45, 7) is 6.90. The van der Waals surface area contributed by atoms with Crippen LogP contribution >= 0.6 is 0 Å². The number of rotatable bonds is 2. The van der Waals surface area contributed by atoms with E-state index >= 15 is 0 Å².